The Morgan fingerprint density at radius 2 is 1.56 bits per heavy atom. The summed E-state index contributed by atoms with van der Waals surface area (Å²) in [5.74, 6) is -0.457. The van der Waals surface area contributed by atoms with Crippen LogP contribution in [0.5, 0.6) is 5.75 Å². The number of nitrogens with one attached hydrogen (secondary N) is 1. The fraction of sp³-hybridized carbons (Fsp3) is 0.259. The zero-order valence-electron chi connectivity index (χ0n) is 19.2. The highest BCUT2D eigenvalue weighted by molar-refractivity contribution is 5.88. The number of methoxy groups -OCH3 is 1. The Labute approximate surface area is 199 Å². The van der Waals surface area contributed by atoms with E-state index in [1.807, 2.05) is 48.5 Å². The highest BCUT2D eigenvalue weighted by Crippen LogP contribution is 2.16. The molecule has 178 valence electrons. The third-order valence-corrected chi connectivity index (χ3v) is 5.25. The van der Waals surface area contributed by atoms with Gasteiger partial charge in [0.05, 0.1) is 6.61 Å². The van der Waals surface area contributed by atoms with Crippen molar-refractivity contribution in [3.05, 3.63) is 102 Å². The Morgan fingerprint density at radius 3 is 2.21 bits per heavy atom. The summed E-state index contributed by atoms with van der Waals surface area (Å²) in [6, 6.07) is 23.6. The molecular weight excluding hydrogens is 435 g/mol. The summed E-state index contributed by atoms with van der Waals surface area (Å²) in [5, 5.41) is 2.85. The van der Waals surface area contributed by atoms with Crippen molar-refractivity contribution in [2.45, 2.75) is 19.0 Å². The van der Waals surface area contributed by atoms with E-state index in [2.05, 4.69) is 5.32 Å². The Balaban J connectivity index is 1.86. The van der Waals surface area contributed by atoms with E-state index >= 15 is 0 Å². The molecule has 0 spiro atoms. The van der Waals surface area contributed by atoms with Crippen LogP contribution in [-0.4, -0.2) is 49.6 Å². The Morgan fingerprint density at radius 1 is 0.912 bits per heavy atom. The fourth-order valence-electron chi connectivity index (χ4n) is 3.48. The second kappa shape index (κ2) is 13.1. The van der Waals surface area contributed by atoms with Crippen LogP contribution < -0.4 is 10.1 Å². The molecule has 6 nitrogen and oxygen atoms in total. The molecule has 1 atom stereocenters. The number of benzene rings is 3. The van der Waals surface area contributed by atoms with Gasteiger partial charge in [0.1, 0.15) is 17.6 Å². The number of halogens is 1. The number of para-hydroxylation sites is 1. The fourth-order valence-corrected chi connectivity index (χ4v) is 3.48. The zero-order chi connectivity index (χ0) is 24.2. The normalized spacial score (nSPS) is 11.5. The highest BCUT2D eigenvalue weighted by atomic mass is 19.1. The van der Waals surface area contributed by atoms with E-state index in [0.29, 0.717) is 30.9 Å². The van der Waals surface area contributed by atoms with Crippen LogP contribution in [0.3, 0.4) is 0 Å². The van der Waals surface area contributed by atoms with Crippen molar-refractivity contribution in [3.63, 3.8) is 0 Å². The number of rotatable bonds is 12. The zero-order valence-corrected chi connectivity index (χ0v) is 19.2. The topological polar surface area (TPSA) is 67.9 Å². The van der Waals surface area contributed by atoms with Crippen LogP contribution in [0.25, 0.3) is 0 Å². The van der Waals surface area contributed by atoms with E-state index in [1.54, 1.807) is 31.4 Å². The van der Waals surface area contributed by atoms with Gasteiger partial charge in [-0.3, -0.25) is 9.59 Å². The van der Waals surface area contributed by atoms with Gasteiger partial charge in [0.2, 0.25) is 5.91 Å². The van der Waals surface area contributed by atoms with Gasteiger partial charge in [-0.25, -0.2) is 4.39 Å². The number of hydrogen-bond donors (Lipinski definition) is 1. The van der Waals surface area contributed by atoms with E-state index in [9.17, 15) is 14.0 Å². The molecular formula is C27H29FN2O4. The van der Waals surface area contributed by atoms with E-state index in [1.165, 1.54) is 17.0 Å². The molecule has 0 heterocycles. The molecule has 0 radical (unpaired) electrons. The van der Waals surface area contributed by atoms with E-state index in [4.69, 9.17) is 9.47 Å². The summed E-state index contributed by atoms with van der Waals surface area (Å²) in [7, 11) is 1.55. The van der Waals surface area contributed by atoms with Crippen molar-refractivity contribution in [1.29, 1.82) is 0 Å². The average Bonchev–Trinajstić information content (AvgIpc) is 2.87. The molecule has 0 saturated carbocycles. The first-order valence-corrected chi connectivity index (χ1v) is 11.1. The largest absolute Gasteiger partial charge is 0.484 e. The predicted octanol–water partition coefficient (Wildman–Crippen LogP) is 3.61. The van der Waals surface area contributed by atoms with Gasteiger partial charge in [-0.05, 0) is 35.4 Å². The van der Waals surface area contributed by atoms with Gasteiger partial charge in [0.15, 0.2) is 6.61 Å². The molecule has 0 aliphatic heterocycles. The summed E-state index contributed by atoms with van der Waals surface area (Å²) >= 11 is 0. The molecule has 0 fully saturated rings. The third kappa shape index (κ3) is 7.71. The Hall–Kier alpha value is -3.71. The molecule has 0 aromatic heterocycles. The maximum Gasteiger partial charge on any atom is 0.261 e. The number of carbonyl (C=O) groups excluding carboxylic acids is 2. The SMILES string of the molecule is COCCNC(=O)C(Cc1ccccc1)N(Cc1ccc(F)cc1)C(=O)COc1ccccc1. The first kappa shape index (κ1) is 24.9. The van der Waals surface area contributed by atoms with Crippen LogP contribution in [-0.2, 0) is 27.3 Å². The van der Waals surface area contributed by atoms with E-state index in [-0.39, 0.29) is 30.8 Å². The number of carbonyl (C=O) groups is 2. The Bertz CT molecular complexity index is 1030. The first-order chi connectivity index (χ1) is 16.6. The molecule has 3 rings (SSSR count). The minimum absolute atomic E-state index is 0.131. The molecule has 1 N–H and O–H groups in total. The standard InChI is InChI=1S/C27H29FN2O4/c1-33-17-16-29-27(32)25(18-21-8-4-2-5-9-21)30(19-22-12-14-23(28)15-13-22)26(31)20-34-24-10-6-3-7-11-24/h2-15,25H,16-20H2,1H3,(H,29,32). The molecule has 3 aromatic rings. The van der Waals surface area contributed by atoms with Gasteiger partial charge >= 0.3 is 0 Å². The lowest BCUT2D eigenvalue weighted by Crippen LogP contribution is -2.52. The second-order valence-corrected chi connectivity index (χ2v) is 7.74. The summed E-state index contributed by atoms with van der Waals surface area (Å²) in [4.78, 5) is 28.1. The summed E-state index contributed by atoms with van der Waals surface area (Å²) in [5.41, 5.74) is 1.62. The van der Waals surface area contributed by atoms with Gasteiger partial charge < -0.3 is 19.7 Å². The van der Waals surface area contributed by atoms with Crippen molar-refractivity contribution in [2.24, 2.45) is 0 Å². The van der Waals surface area contributed by atoms with Crippen molar-refractivity contribution < 1.29 is 23.5 Å². The molecule has 3 aromatic carbocycles. The Kier molecular flexibility index (Phi) is 9.61. The van der Waals surface area contributed by atoms with Crippen LogP contribution in [0.4, 0.5) is 4.39 Å². The number of nitrogens with zero attached hydrogens (tertiary/aromatic N) is 1. The van der Waals surface area contributed by atoms with Crippen molar-refractivity contribution in [1.82, 2.24) is 10.2 Å². The number of ether oxygens (including phenoxy) is 2. The van der Waals surface area contributed by atoms with Crippen molar-refractivity contribution >= 4 is 11.8 Å². The van der Waals surface area contributed by atoms with Crippen LogP contribution in [0.2, 0.25) is 0 Å². The molecule has 0 aliphatic rings. The smallest absolute Gasteiger partial charge is 0.261 e. The monoisotopic (exact) mass is 464 g/mol. The summed E-state index contributed by atoms with van der Waals surface area (Å²) in [6.45, 7) is 0.570. The predicted molar refractivity (Wildman–Crippen MR) is 128 cm³/mol. The van der Waals surface area contributed by atoms with Crippen molar-refractivity contribution in [2.75, 3.05) is 26.9 Å². The van der Waals surface area contributed by atoms with Crippen LogP contribution in [0.1, 0.15) is 11.1 Å². The lowest BCUT2D eigenvalue weighted by atomic mass is 10.0. The van der Waals surface area contributed by atoms with Gasteiger partial charge in [-0.1, -0.05) is 60.7 Å². The third-order valence-electron chi connectivity index (χ3n) is 5.25. The average molecular weight is 465 g/mol. The second-order valence-electron chi connectivity index (χ2n) is 7.74. The maximum absolute atomic E-state index is 13.5. The van der Waals surface area contributed by atoms with Gasteiger partial charge in [0, 0.05) is 26.6 Å². The van der Waals surface area contributed by atoms with Crippen LogP contribution in [0.15, 0.2) is 84.9 Å². The molecule has 1 unspecified atom stereocenters. The minimum atomic E-state index is -0.795. The molecule has 34 heavy (non-hydrogen) atoms. The summed E-state index contributed by atoms with van der Waals surface area (Å²) in [6.07, 6.45) is 0.317. The maximum atomic E-state index is 13.5. The quantitative estimate of drug-likeness (QED) is 0.416. The molecule has 0 saturated heterocycles. The first-order valence-electron chi connectivity index (χ1n) is 11.1. The van der Waals surface area contributed by atoms with E-state index < -0.39 is 6.04 Å². The molecule has 2 amide bonds. The van der Waals surface area contributed by atoms with Gasteiger partial charge in [-0.15, -0.1) is 0 Å². The molecule has 7 heteroatoms. The van der Waals surface area contributed by atoms with Crippen molar-refractivity contribution in [3.8, 4) is 5.75 Å². The van der Waals surface area contributed by atoms with Crippen LogP contribution >= 0.6 is 0 Å². The molecule has 0 aliphatic carbocycles. The highest BCUT2D eigenvalue weighted by Gasteiger charge is 2.30. The lowest BCUT2D eigenvalue weighted by molar-refractivity contribution is -0.142. The lowest BCUT2D eigenvalue weighted by Gasteiger charge is -2.31. The van der Waals surface area contributed by atoms with Gasteiger partial charge in [0.25, 0.3) is 5.91 Å². The number of amides is 2. The van der Waals surface area contributed by atoms with Gasteiger partial charge in [-0.2, -0.15) is 0 Å². The minimum Gasteiger partial charge on any atom is -0.484 e. The van der Waals surface area contributed by atoms with E-state index in [0.717, 1.165) is 5.56 Å². The van der Waals surface area contributed by atoms with Crippen LogP contribution in [0, 0.1) is 5.82 Å². The summed E-state index contributed by atoms with van der Waals surface area (Å²) < 4.78 is 24.2. The number of hydrogen-bond acceptors (Lipinski definition) is 4. The molecule has 0 bridgehead atoms.